The molecule has 0 amide bonds. The molecule has 0 atom stereocenters. The second-order valence-corrected chi connectivity index (χ2v) is 16.5. The quantitative estimate of drug-likeness (QED) is 0.0838. The van der Waals surface area contributed by atoms with Gasteiger partial charge in [-0.1, -0.05) is 78.0 Å². The van der Waals surface area contributed by atoms with Gasteiger partial charge in [0.2, 0.25) is 0 Å². The molecule has 11 heteroatoms. The molecule has 0 aliphatic heterocycles. The Balaban J connectivity index is 0.000000332. The zero-order chi connectivity index (χ0) is 40.2. The first-order chi connectivity index (χ1) is 26.6. The summed E-state index contributed by atoms with van der Waals surface area (Å²) in [6.07, 6.45) is 51.8. The summed E-state index contributed by atoms with van der Waals surface area (Å²) in [5.41, 5.74) is 13.8. The number of carbonyl (C=O) groups excluding carboxylic acids is 1. The lowest BCUT2D eigenvalue weighted by Gasteiger charge is -2.12. The van der Waals surface area contributed by atoms with Crippen LogP contribution in [-0.2, 0) is 19.1 Å². The Kier molecular flexibility index (Phi) is 31.5. The van der Waals surface area contributed by atoms with Crippen LogP contribution in [0, 0.1) is 0 Å². The zero-order valence-electron chi connectivity index (χ0n) is 34.2. The third kappa shape index (κ3) is 33.1. The number of aliphatic hydroxyl groups excluding tert-OH is 1. The number of azide groups is 1. The van der Waals surface area contributed by atoms with Crippen molar-refractivity contribution in [1.82, 2.24) is 5.32 Å². The maximum absolute atomic E-state index is 10.8. The van der Waals surface area contributed by atoms with E-state index in [1.54, 1.807) is 0 Å². The van der Waals surface area contributed by atoms with Gasteiger partial charge >= 0.3 is 0 Å². The van der Waals surface area contributed by atoms with E-state index >= 15 is 0 Å². The molecule has 6 rings (SSSR count). The monoisotopic (exact) mass is 786 g/mol. The molecule has 55 heavy (non-hydrogen) atoms. The standard InChI is InChI=1S/C8H15N.C8H14O3S.C7H11N3.C7H13N.C7H12O.C7H10O/c1-9-8-6-4-2-3-5-7-8;1-12(9,10)11-8-6-4-2-3-5-7-8;8-10-9-7-5-3-1-2-4-6-7;3*8-7-5-3-1-2-4-6-7/h2-3,8-9H,4-7H2,1H3;2-3,8H,4-7H2,1H3;1-2,7H,3-6H2;1-2,7H,3-6,8H2;1-2,7-8H,3-6H2;1-2H,3-6H2. The van der Waals surface area contributed by atoms with E-state index in [1.165, 1.54) is 51.4 Å². The number of hydrogen-bond acceptors (Lipinski definition) is 8. The highest BCUT2D eigenvalue weighted by atomic mass is 32.2. The van der Waals surface area contributed by atoms with E-state index in [0.717, 1.165) is 115 Å². The van der Waals surface area contributed by atoms with E-state index in [2.05, 4.69) is 95.3 Å². The fourth-order valence-electron chi connectivity index (χ4n) is 6.50. The first-order valence-corrected chi connectivity index (χ1v) is 22.9. The average Bonchev–Trinajstić information content (AvgIpc) is 3.86. The highest BCUT2D eigenvalue weighted by Crippen LogP contribution is 2.17. The first kappa shape index (κ1) is 50.2. The summed E-state index contributed by atoms with van der Waals surface area (Å²) in [5.74, 6) is 0.412. The number of allylic oxidation sites excluding steroid dienone is 12. The maximum atomic E-state index is 10.8. The van der Waals surface area contributed by atoms with Gasteiger partial charge in [-0.2, -0.15) is 8.42 Å². The number of hydrogen-bond donors (Lipinski definition) is 3. The van der Waals surface area contributed by atoms with E-state index in [4.69, 9.17) is 20.6 Å². The van der Waals surface area contributed by atoms with Crippen molar-refractivity contribution in [3.8, 4) is 0 Å². The summed E-state index contributed by atoms with van der Waals surface area (Å²) < 4.78 is 26.4. The van der Waals surface area contributed by atoms with Gasteiger partial charge < -0.3 is 16.2 Å². The minimum absolute atomic E-state index is 0.0370. The molecule has 0 aromatic heterocycles. The fourth-order valence-corrected chi connectivity index (χ4v) is 7.19. The Hall–Kier alpha value is -2.79. The number of rotatable bonds is 4. The van der Waals surface area contributed by atoms with Gasteiger partial charge in [-0.05, 0) is 154 Å². The number of Topliss-reactive ketones (excluding diaryl/α,β-unsaturated/α-hetero) is 1. The van der Waals surface area contributed by atoms with Gasteiger partial charge in [0.25, 0.3) is 10.1 Å². The largest absolute Gasteiger partial charge is 0.393 e. The highest BCUT2D eigenvalue weighted by Gasteiger charge is 2.15. The predicted molar refractivity (Wildman–Crippen MR) is 230 cm³/mol. The van der Waals surface area contributed by atoms with Crippen LogP contribution >= 0.6 is 0 Å². The zero-order valence-corrected chi connectivity index (χ0v) is 35.0. The molecule has 0 aromatic carbocycles. The molecule has 6 aliphatic carbocycles. The lowest BCUT2D eigenvalue weighted by molar-refractivity contribution is -0.118. The fraction of sp³-hybridized carbons (Fsp3) is 0.705. The van der Waals surface area contributed by atoms with Crippen molar-refractivity contribution < 1.29 is 22.5 Å². The van der Waals surface area contributed by atoms with Crippen molar-refractivity contribution in [2.75, 3.05) is 13.3 Å². The summed E-state index contributed by atoms with van der Waals surface area (Å²) in [7, 11) is -1.22. The number of nitrogens with one attached hydrogen (secondary N) is 1. The summed E-state index contributed by atoms with van der Waals surface area (Å²) in [5, 5.41) is 16.0. The second kappa shape index (κ2) is 34.5. The van der Waals surface area contributed by atoms with Crippen molar-refractivity contribution in [3.05, 3.63) is 83.4 Å². The van der Waals surface area contributed by atoms with Crippen molar-refractivity contribution in [3.63, 3.8) is 0 Å². The third-order valence-electron chi connectivity index (χ3n) is 9.86. The van der Waals surface area contributed by atoms with Crippen LogP contribution < -0.4 is 11.1 Å². The molecule has 0 unspecified atom stereocenters. The van der Waals surface area contributed by atoms with E-state index in [1.807, 2.05) is 0 Å². The molecule has 0 spiro atoms. The lowest BCUT2D eigenvalue weighted by Crippen LogP contribution is -2.23. The molecular formula is C44H75N5O5S. The van der Waals surface area contributed by atoms with Crippen LogP contribution in [0.3, 0.4) is 0 Å². The molecular weight excluding hydrogens is 711 g/mol. The molecule has 0 saturated heterocycles. The summed E-state index contributed by atoms with van der Waals surface area (Å²) in [4.78, 5) is 13.4. The molecule has 0 saturated carbocycles. The number of nitrogens with zero attached hydrogens (tertiary/aromatic N) is 3. The molecule has 0 heterocycles. The van der Waals surface area contributed by atoms with E-state index < -0.39 is 10.1 Å². The van der Waals surface area contributed by atoms with Crippen molar-refractivity contribution in [2.24, 2.45) is 10.8 Å². The Morgan fingerprint density at radius 1 is 0.655 bits per heavy atom. The SMILES string of the molecule is CNC1CCC=CCC1.CS(=O)(=O)OC1CCC=CCC1.NC1CCC=CCC1.O=C1CCC=CCC1.OC1CCC=CCC1.[N-]=[N+]=NC1CCC=CCC1. The summed E-state index contributed by atoms with van der Waals surface area (Å²) in [6.45, 7) is 0. The highest BCUT2D eigenvalue weighted by molar-refractivity contribution is 7.86. The van der Waals surface area contributed by atoms with Gasteiger partial charge in [0, 0.05) is 35.9 Å². The minimum Gasteiger partial charge on any atom is -0.393 e. The smallest absolute Gasteiger partial charge is 0.264 e. The molecule has 0 aromatic rings. The average molecular weight is 786 g/mol. The van der Waals surface area contributed by atoms with E-state index in [-0.39, 0.29) is 18.2 Å². The first-order valence-electron chi connectivity index (χ1n) is 21.1. The van der Waals surface area contributed by atoms with Gasteiger partial charge in [-0.3, -0.25) is 8.98 Å². The van der Waals surface area contributed by atoms with Crippen LogP contribution in [0.2, 0.25) is 0 Å². The lowest BCUT2D eigenvalue weighted by atomic mass is 10.1. The van der Waals surface area contributed by atoms with Crippen LogP contribution in [0.5, 0.6) is 0 Å². The van der Waals surface area contributed by atoms with Gasteiger partial charge in [-0.25, -0.2) is 0 Å². The van der Waals surface area contributed by atoms with Crippen LogP contribution in [0.1, 0.15) is 154 Å². The summed E-state index contributed by atoms with van der Waals surface area (Å²) in [6, 6.07) is 1.46. The second-order valence-electron chi connectivity index (χ2n) is 14.9. The molecule has 0 bridgehead atoms. The molecule has 312 valence electrons. The maximum Gasteiger partial charge on any atom is 0.264 e. The Bertz CT molecular complexity index is 1230. The predicted octanol–water partition coefficient (Wildman–Crippen LogP) is 10.6. The minimum atomic E-state index is -3.27. The normalized spacial score (nSPS) is 21.4. The number of ketones is 1. The Labute approximate surface area is 334 Å². The molecule has 10 nitrogen and oxygen atoms in total. The van der Waals surface area contributed by atoms with E-state index in [9.17, 15) is 13.2 Å². The molecule has 4 N–H and O–H groups in total. The van der Waals surface area contributed by atoms with Crippen LogP contribution in [0.15, 0.2) is 78.0 Å². The number of nitrogens with two attached hydrogens (primary N) is 1. The van der Waals surface area contributed by atoms with Crippen LogP contribution in [-0.4, -0.2) is 62.9 Å². The Morgan fingerprint density at radius 3 is 1.42 bits per heavy atom. The third-order valence-corrected chi connectivity index (χ3v) is 10.5. The van der Waals surface area contributed by atoms with Crippen LogP contribution in [0.25, 0.3) is 10.4 Å². The summed E-state index contributed by atoms with van der Waals surface area (Å²) >= 11 is 0. The number of aliphatic hydroxyl groups is 1. The van der Waals surface area contributed by atoms with Crippen molar-refractivity contribution in [1.29, 1.82) is 0 Å². The topological polar surface area (TPSA) is 167 Å². The van der Waals surface area contributed by atoms with Gasteiger partial charge in [0.1, 0.15) is 5.78 Å². The Morgan fingerprint density at radius 2 is 1.02 bits per heavy atom. The van der Waals surface area contributed by atoms with Crippen molar-refractivity contribution in [2.45, 2.75) is 184 Å². The van der Waals surface area contributed by atoms with E-state index in [0.29, 0.717) is 11.8 Å². The van der Waals surface area contributed by atoms with Crippen LogP contribution in [0.4, 0.5) is 0 Å². The molecule has 6 aliphatic rings. The number of carbonyl (C=O) groups is 1. The van der Waals surface area contributed by atoms with Gasteiger partial charge in [0.15, 0.2) is 0 Å². The molecule has 0 radical (unpaired) electrons. The van der Waals surface area contributed by atoms with Gasteiger partial charge in [-0.15, -0.1) is 0 Å². The van der Waals surface area contributed by atoms with Crippen molar-refractivity contribution >= 4 is 15.9 Å². The molecule has 0 fully saturated rings. The van der Waals surface area contributed by atoms with Gasteiger partial charge in [0.05, 0.1) is 18.5 Å².